The molecule has 2 nitrogen and oxygen atoms in total. The fourth-order valence-electron chi connectivity index (χ4n) is 7.53. The van der Waals surface area contributed by atoms with Crippen LogP contribution in [0.3, 0.4) is 0 Å². The molecule has 0 atom stereocenters. The first-order chi connectivity index (χ1) is 23.8. The van der Waals surface area contributed by atoms with Gasteiger partial charge in [0.2, 0.25) is 0 Å². The maximum atomic E-state index is 5.24. The summed E-state index contributed by atoms with van der Waals surface area (Å²) in [6.45, 7) is 0. The highest BCUT2D eigenvalue weighted by Crippen LogP contribution is 2.45. The number of benzene rings is 8. The van der Waals surface area contributed by atoms with Gasteiger partial charge in [0.25, 0.3) is 0 Å². The number of fused-ring (bicyclic) bond motifs is 7. The standard InChI is InChI=1S/C46H28N2/c1-3-10-33-26-36(19-15-29(33)8-1)43-38-13-5-6-14-39(38)44(37-20-16-30-9-2-4-11-34(30)27-37)41-28-35(21-23-40(41)43)42-24-22-32-18-17-31-12-7-25-47-45(31)46(32)48-42/h1-28H. The quantitative estimate of drug-likeness (QED) is 0.147. The summed E-state index contributed by atoms with van der Waals surface area (Å²) in [5, 5.41) is 12.1. The first-order valence-corrected chi connectivity index (χ1v) is 16.4. The molecule has 222 valence electrons. The van der Waals surface area contributed by atoms with E-state index < -0.39 is 0 Å². The number of rotatable bonds is 3. The SMILES string of the molecule is c1ccc2cc(-c3c4ccccc4c(-c4ccc5ccccc5c4)c4cc(-c5ccc6ccc7cccnc7c6n5)ccc34)ccc2c1. The van der Waals surface area contributed by atoms with Gasteiger partial charge in [-0.1, -0.05) is 133 Å². The molecule has 2 heterocycles. The zero-order chi connectivity index (χ0) is 31.6. The lowest BCUT2D eigenvalue weighted by Gasteiger charge is -2.19. The van der Waals surface area contributed by atoms with Crippen molar-refractivity contribution in [2.45, 2.75) is 0 Å². The summed E-state index contributed by atoms with van der Waals surface area (Å²) in [6, 6.07) is 59.3. The minimum absolute atomic E-state index is 0.927. The first kappa shape index (κ1) is 26.8. The molecule has 0 aliphatic rings. The fourth-order valence-corrected chi connectivity index (χ4v) is 7.53. The van der Waals surface area contributed by atoms with Gasteiger partial charge in [-0.15, -0.1) is 0 Å². The van der Waals surface area contributed by atoms with E-state index in [4.69, 9.17) is 9.97 Å². The van der Waals surface area contributed by atoms with Gasteiger partial charge in [-0.2, -0.15) is 0 Å². The first-order valence-electron chi connectivity index (χ1n) is 16.4. The molecular formula is C46H28N2. The molecule has 0 aliphatic heterocycles. The van der Waals surface area contributed by atoms with Crippen LogP contribution in [0.2, 0.25) is 0 Å². The molecule has 0 aliphatic carbocycles. The lowest BCUT2D eigenvalue weighted by molar-refractivity contribution is 1.37. The van der Waals surface area contributed by atoms with Gasteiger partial charge in [0, 0.05) is 22.5 Å². The summed E-state index contributed by atoms with van der Waals surface area (Å²) in [5.74, 6) is 0. The molecule has 10 aromatic rings. The highest BCUT2D eigenvalue weighted by atomic mass is 14.7. The van der Waals surface area contributed by atoms with Gasteiger partial charge in [-0.05, 0) is 95.7 Å². The van der Waals surface area contributed by atoms with Crippen molar-refractivity contribution in [3.05, 3.63) is 170 Å². The molecule has 0 N–H and O–H groups in total. The number of aromatic nitrogens is 2. The third-order valence-electron chi connectivity index (χ3n) is 9.83. The highest BCUT2D eigenvalue weighted by molar-refractivity contribution is 6.22. The minimum Gasteiger partial charge on any atom is -0.254 e. The highest BCUT2D eigenvalue weighted by Gasteiger charge is 2.18. The molecule has 2 heteroatoms. The van der Waals surface area contributed by atoms with Gasteiger partial charge in [-0.3, -0.25) is 4.98 Å². The zero-order valence-electron chi connectivity index (χ0n) is 26.1. The minimum atomic E-state index is 0.927. The van der Waals surface area contributed by atoms with Crippen LogP contribution in [0.5, 0.6) is 0 Å². The van der Waals surface area contributed by atoms with E-state index in [0.29, 0.717) is 0 Å². The van der Waals surface area contributed by atoms with Crippen LogP contribution >= 0.6 is 0 Å². The second-order valence-corrected chi connectivity index (χ2v) is 12.6. The predicted octanol–water partition coefficient (Wildman–Crippen LogP) is 12.4. The van der Waals surface area contributed by atoms with E-state index in [1.54, 1.807) is 0 Å². The monoisotopic (exact) mass is 608 g/mol. The molecule has 8 aromatic carbocycles. The zero-order valence-corrected chi connectivity index (χ0v) is 26.1. The van der Waals surface area contributed by atoms with E-state index in [2.05, 4.69) is 158 Å². The van der Waals surface area contributed by atoms with Crippen molar-refractivity contribution in [2.24, 2.45) is 0 Å². The van der Waals surface area contributed by atoms with E-state index >= 15 is 0 Å². The van der Waals surface area contributed by atoms with Gasteiger partial charge in [0.05, 0.1) is 16.7 Å². The van der Waals surface area contributed by atoms with E-state index in [1.807, 2.05) is 12.3 Å². The second kappa shape index (κ2) is 10.6. The molecule has 0 fully saturated rings. The maximum Gasteiger partial charge on any atom is 0.0972 e. The number of hydrogen-bond donors (Lipinski definition) is 0. The van der Waals surface area contributed by atoms with Gasteiger partial charge in [0.1, 0.15) is 0 Å². The summed E-state index contributed by atoms with van der Waals surface area (Å²) in [6.07, 6.45) is 1.85. The van der Waals surface area contributed by atoms with Crippen LogP contribution in [0.4, 0.5) is 0 Å². The molecule has 2 aromatic heterocycles. The third kappa shape index (κ3) is 4.20. The van der Waals surface area contributed by atoms with Gasteiger partial charge < -0.3 is 0 Å². The van der Waals surface area contributed by atoms with Crippen LogP contribution in [-0.4, -0.2) is 9.97 Å². The fraction of sp³-hybridized carbons (Fsp3) is 0. The van der Waals surface area contributed by atoms with E-state index in [9.17, 15) is 0 Å². The van der Waals surface area contributed by atoms with Gasteiger partial charge >= 0.3 is 0 Å². The molecule has 0 saturated heterocycles. The molecule has 0 amide bonds. The van der Waals surface area contributed by atoms with Crippen molar-refractivity contribution in [3.63, 3.8) is 0 Å². The molecule has 0 spiro atoms. The lowest BCUT2D eigenvalue weighted by atomic mass is 9.84. The molecule has 10 rings (SSSR count). The summed E-state index contributed by atoms with van der Waals surface area (Å²) in [4.78, 5) is 9.95. The molecule has 0 bridgehead atoms. The molecule has 0 radical (unpaired) electrons. The summed E-state index contributed by atoms with van der Waals surface area (Å²) < 4.78 is 0. The van der Waals surface area contributed by atoms with Crippen LogP contribution in [-0.2, 0) is 0 Å². The van der Waals surface area contributed by atoms with Crippen LogP contribution in [0.15, 0.2) is 170 Å². The average Bonchev–Trinajstić information content (AvgIpc) is 3.16. The topological polar surface area (TPSA) is 25.8 Å². The smallest absolute Gasteiger partial charge is 0.0972 e. The van der Waals surface area contributed by atoms with Crippen molar-refractivity contribution in [1.29, 1.82) is 0 Å². The Morgan fingerprint density at radius 3 is 1.50 bits per heavy atom. The Morgan fingerprint density at radius 1 is 0.312 bits per heavy atom. The largest absolute Gasteiger partial charge is 0.254 e. The Balaban J connectivity index is 1.30. The van der Waals surface area contributed by atoms with Gasteiger partial charge in [-0.25, -0.2) is 4.98 Å². The Morgan fingerprint density at radius 2 is 0.812 bits per heavy atom. The number of hydrogen-bond acceptors (Lipinski definition) is 2. The van der Waals surface area contributed by atoms with E-state index in [0.717, 1.165) is 33.1 Å². The normalized spacial score (nSPS) is 11.8. The van der Waals surface area contributed by atoms with E-state index in [-0.39, 0.29) is 0 Å². The van der Waals surface area contributed by atoms with Crippen molar-refractivity contribution >= 4 is 64.9 Å². The van der Waals surface area contributed by atoms with Crippen molar-refractivity contribution in [2.75, 3.05) is 0 Å². The second-order valence-electron chi connectivity index (χ2n) is 12.6. The van der Waals surface area contributed by atoms with Crippen LogP contribution in [0, 0.1) is 0 Å². The third-order valence-corrected chi connectivity index (χ3v) is 9.83. The predicted molar refractivity (Wildman–Crippen MR) is 203 cm³/mol. The average molecular weight is 609 g/mol. The number of pyridine rings is 2. The molecule has 0 saturated carbocycles. The summed E-state index contributed by atoms with van der Waals surface area (Å²) in [7, 11) is 0. The van der Waals surface area contributed by atoms with Crippen molar-refractivity contribution in [1.82, 2.24) is 9.97 Å². The van der Waals surface area contributed by atoms with Crippen LogP contribution in [0.25, 0.3) is 98.4 Å². The van der Waals surface area contributed by atoms with Gasteiger partial charge in [0.15, 0.2) is 0 Å². The summed E-state index contributed by atoms with van der Waals surface area (Å²) >= 11 is 0. The number of nitrogens with zero attached hydrogens (tertiary/aromatic N) is 2. The molecule has 48 heavy (non-hydrogen) atoms. The Kier molecular flexibility index (Phi) is 5.91. The Labute approximate surface area is 277 Å². The van der Waals surface area contributed by atoms with Crippen LogP contribution < -0.4 is 0 Å². The van der Waals surface area contributed by atoms with Crippen molar-refractivity contribution < 1.29 is 0 Å². The lowest BCUT2D eigenvalue weighted by Crippen LogP contribution is -1.93. The Bertz CT molecular complexity index is 2900. The maximum absolute atomic E-state index is 5.24. The molecular weight excluding hydrogens is 581 g/mol. The van der Waals surface area contributed by atoms with Crippen LogP contribution in [0.1, 0.15) is 0 Å². The van der Waals surface area contributed by atoms with Crippen molar-refractivity contribution in [3.8, 4) is 33.5 Å². The van der Waals surface area contributed by atoms with E-state index in [1.165, 1.54) is 65.3 Å². The Hall–Kier alpha value is -6.38. The summed E-state index contributed by atoms with van der Waals surface area (Å²) in [5.41, 5.74) is 8.80. The molecule has 0 unspecified atom stereocenters.